The number of nitro groups is 1. The quantitative estimate of drug-likeness (QED) is 0.653. The minimum atomic E-state index is -0.673. The van der Waals surface area contributed by atoms with Crippen molar-refractivity contribution in [2.75, 3.05) is 0 Å². The number of aryl methyl sites for hydroxylation is 1. The van der Waals surface area contributed by atoms with Crippen molar-refractivity contribution in [2.24, 2.45) is 0 Å². The molecule has 0 radical (unpaired) electrons. The Bertz CT molecular complexity index is 626. The summed E-state index contributed by atoms with van der Waals surface area (Å²) in [5.74, 6) is -0.816. The van der Waals surface area contributed by atoms with Gasteiger partial charge in [-0.05, 0) is 41.8 Å². The fourth-order valence-corrected chi connectivity index (χ4v) is 1.74. The van der Waals surface area contributed by atoms with Gasteiger partial charge in [0.25, 0.3) is 0 Å². The van der Waals surface area contributed by atoms with Crippen LogP contribution in [0.4, 0.5) is 10.1 Å². The zero-order valence-corrected chi connectivity index (χ0v) is 9.55. The number of nitro benzene ring substituents is 1. The van der Waals surface area contributed by atoms with E-state index in [4.69, 9.17) is 0 Å². The van der Waals surface area contributed by atoms with E-state index >= 15 is 0 Å². The highest BCUT2D eigenvalue weighted by Gasteiger charge is 2.15. The van der Waals surface area contributed by atoms with E-state index in [1.807, 2.05) is 0 Å². The van der Waals surface area contributed by atoms with E-state index in [9.17, 15) is 19.6 Å². The van der Waals surface area contributed by atoms with Gasteiger partial charge in [0.05, 0.1) is 4.92 Å². The van der Waals surface area contributed by atoms with Crippen LogP contribution in [0.15, 0.2) is 36.4 Å². The van der Waals surface area contributed by atoms with Crippen molar-refractivity contribution < 1.29 is 14.4 Å². The molecule has 0 unspecified atom stereocenters. The summed E-state index contributed by atoms with van der Waals surface area (Å²) >= 11 is 0. The molecule has 0 aromatic heterocycles. The molecular weight excluding hydrogens is 237 g/mol. The van der Waals surface area contributed by atoms with Gasteiger partial charge in [0, 0.05) is 6.07 Å². The molecular formula is C13H10FNO3. The third kappa shape index (κ3) is 2.15. The molecule has 5 heteroatoms. The Balaban J connectivity index is 2.61. The van der Waals surface area contributed by atoms with Gasteiger partial charge in [-0.25, -0.2) is 4.39 Å². The third-order valence-corrected chi connectivity index (χ3v) is 2.68. The third-order valence-electron chi connectivity index (χ3n) is 2.68. The average molecular weight is 247 g/mol. The Hall–Kier alpha value is -2.43. The molecule has 0 heterocycles. The summed E-state index contributed by atoms with van der Waals surface area (Å²) in [6.07, 6.45) is 0. The first-order valence-corrected chi connectivity index (χ1v) is 5.23. The van der Waals surface area contributed by atoms with Gasteiger partial charge in [0.1, 0.15) is 5.82 Å². The van der Waals surface area contributed by atoms with Crippen molar-refractivity contribution in [1.82, 2.24) is 0 Å². The maximum absolute atomic E-state index is 13.2. The molecule has 0 spiro atoms. The van der Waals surface area contributed by atoms with E-state index in [2.05, 4.69) is 0 Å². The molecule has 0 aliphatic rings. The summed E-state index contributed by atoms with van der Waals surface area (Å²) in [5, 5.41) is 20.1. The van der Waals surface area contributed by atoms with Gasteiger partial charge >= 0.3 is 5.69 Å². The number of halogens is 1. The van der Waals surface area contributed by atoms with E-state index in [0.717, 1.165) is 5.56 Å². The summed E-state index contributed by atoms with van der Waals surface area (Å²) in [6, 6.07) is 8.22. The maximum Gasteiger partial charge on any atom is 0.311 e. The summed E-state index contributed by atoms with van der Waals surface area (Å²) in [4.78, 5) is 10.1. The topological polar surface area (TPSA) is 63.4 Å². The fraction of sp³-hybridized carbons (Fsp3) is 0.0769. The SMILES string of the molecule is Cc1ccc(F)cc1-c1ccc(O)c([N+](=O)[O-])c1. The standard InChI is InChI=1S/C13H10FNO3/c1-8-2-4-10(14)7-11(8)9-3-5-13(16)12(6-9)15(17)18/h2-7,16H,1H3. The Morgan fingerprint density at radius 3 is 2.61 bits per heavy atom. The van der Waals surface area contributed by atoms with Crippen LogP contribution < -0.4 is 0 Å². The molecule has 0 fully saturated rings. The Morgan fingerprint density at radius 2 is 1.94 bits per heavy atom. The summed E-state index contributed by atoms with van der Waals surface area (Å²) < 4.78 is 13.2. The molecule has 0 saturated carbocycles. The van der Waals surface area contributed by atoms with Crippen LogP contribution in [-0.2, 0) is 0 Å². The average Bonchev–Trinajstić information content (AvgIpc) is 2.33. The highest BCUT2D eigenvalue weighted by atomic mass is 19.1. The van der Waals surface area contributed by atoms with Crippen LogP contribution in [-0.4, -0.2) is 10.0 Å². The summed E-state index contributed by atoms with van der Waals surface area (Å²) in [6.45, 7) is 1.79. The second kappa shape index (κ2) is 4.44. The smallest absolute Gasteiger partial charge is 0.311 e. The predicted octanol–water partition coefficient (Wildman–Crippen LogP) is 3.41. The number of rotatable bonds is 2. The first kappa shape index (κ1) is 12.0. The number of hydrogen-bond acceptors (Lipinski definition) is 3. The summed E-state index contributed by atoms with van der Waals surface area (Å²) in [7, 11) is 0. The van der Waals surface area contributed by atoms with Gasteiger partial charge in [-0.3, -0.25) is 10.1 Å². The number of aromatic hydroxyl groups is 1. The van der Waals surface area contributed by atoms with Crippen LogP contribution in [0.1, 0.15) is 5.56 Å². The molecule has 2 rings (SSSR count). The van der Waals surface area contributed by atoms with Crippen molar-refractivity contribution >= 4 is 5.69 Å². The molecule has 4 nitrogen and oxygen atoms in total. The number of phenols is 1. The van der Waals surface area contributed by atoms with Crippen molar-refractivity contribution in [2.45, 2.75) is 6.92 Å². The van der Waals surface area contributed by atoms with Gasteiger partial charge in [-0.1, -0.05) is 12.1 Å². The number of phenolic OH excluding ortho intramolecular Hbond substituents is 1. The van der Waals surface area contributed by atoms with E-state index in [1.54, 1.807) is 13.0 Å². The van der Waals surface area contributed by atoms with Crippen LogP contribution in [0.3, 0.4) is 0 Å². The van der Waals surface area contributed by atoms with Crippen LogP contribution in [0, 0.1) is 22.9 Å². The molecule has 0 saturated heterocycles. The van der Waals surface area contributed by atoms with E-state index in [1.165, 1.54) is 30.3 Å². The van der Waals surface area contributed by atoms with Crippen LogP contribution in [0.5, 0.6) is 5.75 Å². The second-order valence-corrected chi connectivity index (χ2v) is 3.92. The molecule has 0 amide bonds. The molecule has 92 valence electrons. The molecule has 0 bridgehead atoms. The van der Waals surface area contributed by atoms with Gasteiger partial charge in [-0.2, -0.15) is 0 Å². The molecule has 2 aromatic rings. The zero-order chi connectivity index (χ0) is 13.3. The van der Waals surface area contributed by atoms with E-state index in [-0.39, 0.29) is 0 Å². The second-order valence-electron chi connectivity index (χ2n) is 3.92. The lowest BCUT2D eigenvalue weighted by atomic mass is 10.00. The van der Waals surface area contributed by atoms with Gasteiger partial charge < -0.3 is 5.11 Å². The lowest BCUT2D eigenvalue weighted by Gasteiger charge is -2.06. The Kier molecular flexibility index (Phi) is 2.97. The van der Waals surface area contributed by atoms with E-state index in [0.29, 0.717) is 11.1 Å². The monoisotopic (exact) mass is 247 g/mol. The van der Waals surface area contributed by atoms with Crippen molar-refractivity contribution in [3.63, 3.8) is 0 Å². The predicted molar refractivity (Wildman–Crippen MR) is 64.9 cm³/mol. The minimum Gasteiger partial charge on any atom is -0.502 e. The first-order valence-electron chi connectivity index (χ1n) is 5.23. The largest absolute Gasteiger partial charge is 0.502 e. The Morgan fingerprint density at radius 1 is 1.22 bits per heavy atom. The van der Waals surface area contributed by atoms with Gasteiger partial charge in [0.15, 0.2) is 5.75 Å². The van der Waals surface area contributed by atoms with Crippen LogP contribution in [0.25, 0.3) is 11.1 Å². The molecule has 0 aliphatic carbocycles. The molecule has 18 heavy (non-hydrogen) atoms. The molecule has 2 aromatic carbocycles. The van der Waals surface area contributed by atoms with Crippen molar-refractivity contribution in [3.05, 3.63) is 57.9 Å². The summed E-state index contributed by atoms with van der Waals surface area (Å²) in [5.41, 5.74) is 1.47. The highest BCUT2D eigenvalue weighted by molar-refractivity contribution is 5.71. The van der Waals surface area contributed by atoms with Crippen molar-refractivity contribution in [1.29, 1.82) is 0 Å². The van der Waals surface area contributed by atoms with Gasteiger partial charge in [-0.15, -0.1) is 0 Å². The van der Waals surface area contributed by atoms with E-state index < -0.39 is 22.2 Å². The number of hydrogen-bond donors (Lipinski definition) is 1. The first-order chi connectivity index (χ1) is 8.49. The Labute approximate surface area is 102 Å². The molecule has 0 atom stereocenters. The maximum atomic E-state index is 13.2. The lowest BCUT2D eigenvalue weighted by Crippen LogP contribution is -1.91. The minimum absolute atomic E-state index is 0.392. The zero-order valence-electron chi connectivity index (χ0n) is 9.55. The van der Waals surface area contributed by atoms with Crippen molar-refractivity contribution in [3.8, 4) is 16.9 Å². The number of nitrogens with zero attached hydrogens (tertiary/aromatic N) is 1. The lowest BCUT2D eigenvalue weighted by molar-refractivity contribution is -0.385. The molecule has 1 N–H and O–H groups in total. The normalized spacial score (nSPS) is 10.3. The molecule has 0 aliphatic heterocycles. The highest BCUT2D eigenvalue weighted by Crippen LogP contribution is 2.32. The van der Waals surface area contributed by atoms with Gasteiger partial charge in [0.2, 0.25) is 0 Å². The van der Waals surface area contributed by atoms with Crippen LogP contribution >= 0.6 is 0 Å². The number of benzene rings is 2. The van der Waals surface area contributed by atoms with Crippen LogP contribution in [0.2, 0.25) is 0 Å². The fourth-order valence-electron chi connectivity index (χ4n) is 1.74.